The lowest BCUT2D eigenvalue weighted by Gasteiger charge is -2.21. The number of aliphatic hydroxyl groups is 1. The minimum absolute atomic E-state index is 0.100. The quantitative estimate of drug-likeness (QED) is 0.0169. The largest absolute Gasteiger partial charge is 0.472 e. The number of carbonyl (C=O) groups is 4. The first kappa shape index (κ1) is 95.5. The minimum Gasteiger partial charge on any atom is -0.462 e. The van der Waals surface area contributed by atoms with Gasteiger partial charge in [0, 0.05) is 25.7 Å². The van der Waals surface area contributed by atoms with Crippen LogP contribution in [0.3, 0.4) is 0 Å². The number of rotatable bonds is 75. The summed E-state index contributed by atoms with van der Waals surface area (Å²) in [5, 5.41) is 10.6. The third-order valence-electron chi connectivity index (χ3n) is 18.1. The molecule has 98 heavy (non-hydrogen) atoms. The van der Waals surface area contributed by atoms with Crippen LogP contribution in [-0.4, -0.2) is 96.7 Å². The van der Waals surface area contributed by atoms with Crippen LogP contribution < -0.4 is 0 Å². The molecule has 0 radical (unpaired) electrons. The molecule has 6 atom stereocenters. The van der Waals surface area contributed by atoms with Gasteiger partial charge < -0.3 is 33.8 Å². The van der Waals surface area contributed by atoms with Gasteiger partial charge in [-0.1, -0.05) is 330 Å². The number of hydrogen-bond acceptors (Lipinski definition) is 15. The Morgan fingerprint density at radius 2 is 0.602 bits per heavy atom. The minimum atomic E-state index is -4.97. The van der Waals surface area contributed by atoms with E-state index in [1.165, 1.54) is 167 Å². The number of hydrogen-bond donors (Lipinski definition) is 3. The van der Waals surface area contributed by atoms with E-state index in [9.17, 15) is 43.2 Å². The highest BCUT2D eigenvalue weighted by Gasteiger charge is 2.30. The third-order valence-corrected chi connectivity index (χ3v) is 20.0. The van der Waals surface area contributed by atoms with E-state index in [1.807, 2.05) is 0 Å². The molecule has 17 nitrogen and oxygen atoms in total. The van der Waals surface area contributed by atoms with E-state index in [-0.39, 0.29) is 25.7 Å². The second-order valence-corrected chi connectivity index (χ2v) is 31.9. The Kier molecular flexibility index (Phi) is 67.2. The molecule has 0 fully saturated rings. The molecule has 0 spiro atoms. The number of phosphoric ester groups is 2. The van der Waals surface area contributed by atoms with Crippen LogP contribution in [0.1, 0.15) is 382 Å². The molecule has 3 N–H and O–H groups in total. The predicted molar refractivity (Wildman–Crippen MR) is 400 cm³/mol. The normalized spacial score (nSPS) is 14.4. The van der Waals surface area contributed by atoms with Crippen molar-refractivity contribution >= 4 is 39.5 Å². The van der Waals surface area contributed by atoms with Crippen molar-refractivity contribution in [1.82, 2.24) is 0 Å². The summed E-state index contributed by atoms with van der Waals surface area (Å²) in [6, 6.07) is 0. The van der Waals surface area contributed by atoms with Crippen LogP contribution in [0.4, 0.5) is 0 Å². The second-order valence-electron chi connectivity index (χ2n) is 29.0. The first-order valence-electron chi connectivity index (χ1n) is 40.2. The molecule has 0 aromatic carbocycles. The van der Waals surface area contributed by atoms with Crippen LogP contribution in [0.25, 0.3) is 0 Å². The van der Waals surface area contributed by atoms with Crippen LogP contribution in [0.2, 0.25) is 0 Å². The van der Waals surface area contributed by atoms with E-state index in [1.54, 1.807) is 0 Å². The highest BCUT2D eigenvalue weighted by atomic mass is 31.2. The SMILES string of the molecule is CCCCCC/C=C\C=C/CCCCCCCC(=O)OC[C@H](COP(=O)(O)OC[C@@H](O)COP(=O)(O)OC[C@@H](COC(=O)CCCCCCCCC(C)CC)OC(=O)CCCCCCCCCCCCCCCC(C)C)OC(=O)CCCCCCCCCCCCCCCCC(C)C. The van der Waals surface area contributed by atoms with Crippen molar-refractivity contribution in [2.45, 2.75) is 401 Å². The monoisotopic (exact) mass is 1430 g/mol. The van der Waals surface area contributed by atoms with Crippen LogP contribution in [0.5, 0.6) is 0 Å². The summed E-state index contributed by atoms with van der Waals surface area (Å²) in [5.74, 6) is 0.162. The molecule has 0 aliphatic carbocycles. The van der Waals surface area contributed by atoms with Gasteiger partial charge in [0.2, 0.25) is 0 Å². The van der Waals surface area contributed by atoms with Gasteiger partial charge in [0.05, 0.1) is 26.4 Å². The average molecular weight is 1430 g/mol. The van der Waals surface area contributed by atoms with Crippen molar-refractivity contribution in [2.75, 3.05) is 39.6 Å². The molecule has 0 aliphatic heterocycles. The van der Waals surface area contributed by atoms with E-state index in [2.05, 4.69) is 72.8 Å². The number of phosphoric acid groups is 2. The van der Waals surface area contributed by atoms with E-state index >= 15 is 0 Å². The van der Waals surface area contributed by atoms with Gasteiger partial charge in [-0.25, -0.2) is 9.13 Å². The van der Waals surface area contributed by atoms with Gasteiger partial charge in [-0.05, 0) is 69.1 Å². The van der Waals surface area contributed by atoms with E-state index in [4.69, 9.17) is 37.0 Å². The summed E-state index contributed by atoms with van der Waals surface area (Å²) < 4.78 is 68.6. The molecule has 0 heterocycles. The molecule has 3 unspecified atom stereocenters. The first-order chi connectivity index (χ1) is 47.3. The van der Waals surface area contributed by atoms with Crippen LogP contribution in [-0.2, 0) is 65.4 Å². The second kappa shape index (κ2) is 68.9. The van der Waals surface area contributed by atoms with Crippen molar-refractivity contribution in [3.8, 4) is 0 Å². The van der Waals surface area contributed by atoms with E-state index in [0.717, 1.165) is 133 Å². The van der Waals surface area contributed by atoms with Crippen molar-refractivity contribution in [3.05, 3.63) is 24.3 Å². The maximum absolute atomic E-state index is 13.1. The zero-order chi connectivity index (χ0) is 72.3. The summed E-state index contributed by atoms with van der Waals surface area (Å²) >= 11 is 0. The standard InChI is InChI=1S/C79H150O17P2/c1-8-10-11-12-13-14-15-16-17-23-28-33-38-46-53-60-76(81)89-66-74(95-78(83)62-55-48-39-34-29-24-19-18-21-26-31-36-43-50-57-70(3)4)68-93-97(85,86)91-64-73(80)65-92-98(87,88)94-69-75(67-90-77(82)61-54-47-42-41-45-52-59-72(7)9-2)96-79(84)63-56-49-40-35-30-25-20-22-27-32-37-44-51-58-71(5)6/h14-17,70-75,80H,8-13,18-69H2,1-7H3,(H,85,86)(H,87,88)/b15-14-,17-16-/t72?,73-,74-,75-/m1/s1. The van der Waals surface area contributed by atoms with Crippen LogP contribution in [0, 0.1) is 17.8 Å². The van der Waals surface area contributed by atoms with Gasteiger partial charge >= 0.3 is 39.5 Å². The Labute approximate surface area is 599 Å². The molecule has 0 amide bonds. The first-order valence-corrected chi connectivity index (χ1v) is 43.2. The summed E-state index contributed by atoms with van der Waals surface area (Å²) in [5.41, 5.74) is 0. The number of allylic oxidation sites excluding steroid dienone is 4. The Bertz CT molecular complexity index is 2000. The van der Waals surface area contributed by atoms with E-state index < -0.39 is 97.5 Å². The smallest absolute Gasteiger partial charge is 0.462 e. The van der Waals surface area contributed by atoms with Crippen molar-refractivity contribution in [3.63, 3.8) is 0 Å². The van der Waals surface area contributed by atoms with Crippen molar-refractivity contribution < 1.29 is 80.2 Å². The maximum atomic E-state index is 13.1. The van der Waals surface area contributed by atoms with Crippen LogP contribution >= 0.6 is 15.6 Å². The van der Waals surface area contributed by atoms with E-state index in [0.29, 0.717) is 25.7 Å². The molecule has 0 aromatic rings. The lowest BCUT2D eigenvalue weighted by atomic mass is 10.00. The molecule has 0 aromatic heterocycles. The molecule has 0 saturated heterocycles. The molecule has 0 rings (SSSR count). The lowest BCUT2D eigenvalue weighted by molar-refractivity contribution is -0.161. The fraction of sp³-hybridized carbons (Fsp3) is 0.899. The maximum Gasteiger partial charge on any atom is 0.472 e. The van der Waals surface area contributed by atoms with Crippen molar-refractivity contribution in [1.29, 1.82) is 0 Å². The number of ether oxygens (including phenoxy) is 4. The lowest BCUT2D eigenvalue weighted by Crippen LogP contribution is -2.30. The van der Waals surface area contributed by atoms with Crippen molar-refractivity contribution in [2.24, 2.45) is 17.8 Å². The van der Waals surface area contributed by atoms with Gasteiger partial charge in [0.25, 0.3) is 0 Å². The van der Waals surface area contributed by atoms with Gasteiger partial charge in [-0.3, -0.25) is 37.3 Å². The topological polar surface area (TPSA) is 237 Å². The number of carbonyl (C=O) groups excluding carboxylic acids is 4. The summed E-state index contributed by atoms with van der Waals surface area (Å²) in [7, 11) is -9.93. The third kappa shape index (κ3) is 70.6. The fourth-order valence-corrected chi connectivity index (χ4v) is 13.1. The number of aliphatic hydroxyl groups excluding tert-OH is 1. The fourth-order valence-electron chi connectivity index (χ4n) is 11.6. The Morgan fingerprint density at radius 3 is 0.908 bits per heavy atom. The van der Waals surface area contributed by atoms with Crippen LogP contribution in [0.15, 0.2) is 24.3 Å². The summed E-state index contributed by atoms with van der Waals surface area (Å²) in [4.78, 5) is 72.9. The molecule has 0 bridgehead atoms. The Hall–Kier alpha value is -2.46. The summed E-state index contributed by atoms with van der Waals surface area (Å²) in [6.45, 7) is 11.9. The van der Waals surface area contributed by atoms with Gasteiger partial charge in [0.15, 0.2) is 12.2 Å². The molecule has 578 valence electrons. The molecule has 19 heteroatoms. The van der Waals surface area contributed by atoms with Gasteiger partial charge in [-0.15, -0.1) is 0 Å². The highest BCUT2D eigenvalue weighted by Crippen LogP contribution is 2.45. The zero-order valence-corrected chi connectivity index (χ0v) is 65.5. The molecular weight excluding hydrogens is 1280 g/mol. The zero-order valence-electron chi connectivity index (χ0n) is 63.7. The highest BCUT2D eigenvalue weighted by molar-refractivity contribution is 7.47. The summed E-state index contributed by atoms with van der Waals surface area (Å²) in [6.07, 6.45) is 59.0. The predicted octanol–water partition coefficient (Wildman–Crippen LogP) is 22.9. The molecule has 0 saturated carbocycles. The number of esters is 4. The Morgan fingerprint density at radius 1 is 0.337 bits per heavy atom. The molecule has 0 aliphatic rings. The number of unbranched alkanes of at least 4 members (excludes halogenated alkanes) is 39. The Balaban J connectivity index is 5.29. The molecular formula is C79H150O17P2. The average Bonchev–Trinajstić information content (AvgIpc) is 1.75. The van der Waals surface area contributed by atoms with Gasteiger partial charge in [0.1, 0.15) is 19.3 Å². The van der Waals surface area contributed by atoms with Gasteiger partial charge in [-0.2, -0.15) is 0 Å².